The van der Waals surface area contributed by atoms with E-state index in [2.05, 4.69) is 20.9 Å². The van der Waals surface area contributed by atoms with Crippen molar-refractivity contribution in [1.82, 2.24) is 10.3 Å². The first-order valence-electron chi connectivity index (χ1n) is 13.4. The normalized spacial score (nSPS) is 10.6. The van der Waals surface area contributed by atoms with Crippen LogP contribution in [0.4, 0.5) is 16.2 Å². The van der Waals surface area contributed by atoms with Gasteiger partial charge >= 0.3 is 12.1 Å². The number of aliphatic hydroxyl groups excluding tert-OH is 1. The zero-order valence-electron chi connectivity index (χ0n) is 24.3. The number of hydrogen-bond donors (Lipinski definition) is 6. The Kier molecular flexibility index (Phi) is 11.4. The van der Waals surface area contributed by atoms with Crippen LogP contribution in [0.25, 0.3) is 0 Å². The number of anilines is 2. The SMILES string of the molecule is CCOC(=O)NC(=N)c1ccc(NC(=O)c2cc(C)ccc2NCc2cc(CO)cc(OC(C)C)c2OCC(=O)O)cn1. The third kappa shape index (κ3) is 9.43. The van der Waals surface area contributed by atoms with Crippen LogP contribution < -0.4 is 25.4 Å². The molecule has 0 spiro atoms. The number of amides is 2. The number of aliphatic hydroxyl groups is 1. The lowest BCUT2D eigenvalue weighted by atomic mass is 10.1. The van der Waals surface area contributed by atoms with Crippen molar-refractivity contribution in [3.63, 3.8) is 0 Å². The lowest BCUT2D eigenvalue weighted by Gasteiger charge is -2.20. The van der Waals surface area contributed by atoms with E-state index in [1.807, 2.05) is 26.8 Å². The van der Waals surface area contributed by atoms with Crippen LogP contribution in [0.3, 0.4) is 0 Å². The number of carboxylic acid groups (broad SMARTS) is 1. The summed E-state index contributed by atoms with van der Waals surface area (Å²) in [5, 5.41) is 35.2. The van der Waals surface area contributed by atoms with Crippen LogP contribution in [0.5, 0.6) is 11.5 Å². The molecule has 228 valence electrons. The Labute approximate surface area is 248 Å². The highest BCUT2D eigenvalue weighted by Crippen LogP contribution is 2.35. The Morgan fingerprint density at radius 3 is 2.49 bits per heavy atom. The summed E-state index contributed by atoms with van der Waals surface area (Å²) in [5.74, 6) is -1.33. The number of alkyl carbamates (subject to hydrolysis) is 1. The van der Waals surface area contributed by atoms with Crippen LogP contribution in [-0.4, -0.2) is 58.3 Å². The van der Waals surface area contributed by atoms with Gasteiger partial charge in [-0.05, 0) is 69.7 Å². The van der Waals surface area contributed by atoms with E-state index in [0.29, 0.717) is 33.8 Å². The monoisotopic (exact) mass is 593 g/mol. The Morgan fingerprint density at radius 2 is 1.86 bits per heavy atom. The highest BCUT2D eigenvalue weighted by Gasteiger charge is 2.19. The molecule has 0 aliphatic heterocycles. The number of hydrogen-bond acceptors (Lipinski definition) is 10. The second-order valence-corrected chi connectivity index (χ2v) is 9.60. The summed E-state index contributed by atoms with van der Waals surface area (Å²) in [6.07, 6.45) is 0.357. The predicted octanol–water partition coefficient (Wildman–Crippen LogP) is 4.07. The van der Waals surface area contributed by atoms with E-state index in [1.54, 1.807) is 37.3 Å². The van der Waals surface area contributed by atoms with Gasteiger partial charge in [-0.15, -0.1) is 0 Å². The van der Waals surface area contributed by atoms with Gasteiger partial charge < -0.3 is 35.1 Å². The summed E-state index contributed by atoms with van der Waals surface area (Å²) in [5.41, 5.74) is 3.25. The molecule has 13 heteroatoms. The van der Waals surface area contributed by atoms with E-state index < -0.39 is 24.6 Å². The van der Waals surface area contributed by atoms with E-state index in [1.165, 1.54) is 12.3 Å². The highest BCUT2D eigenvalue weighted by atomic mass is 16.5. The number of carbonyl (C=O) groups excluding carboxylic acids is 2. The fourth-order valence-electron chi connectivity index (χ4n) is 3.92. The number of aryl methyl sites for hydroxylation is 1. The number of aliphatic carboxylic acids is 1. The summed E-state index contributed by atoms with van der Waals surface area (Å²) in [7, 11) is 0. The number of rotatable bonds is 13. The Bertz CT molecular complexity index is 1470. The maximum atomic E-state index is 13.3. The van der Waals surface area contributed by atoms with Crippen LogP contribution in [0.15, 0.2) is 48.7 Å². The quantitative estimate of drug-likeness (QED) is 0.124. The van der Waals surface area contributed by atoms with E-state index in [0.717, 1.165) is 5.56 Å². The molecule has 0 unspecified atom stereocenters. The maximum absolute atomic E-state index is 13.3. The molecule has 0 aliphatic carbocycles. The fourth-order valence-corrected chi connectivity index (χ4v) is 3.92. The van der Waals surface area contributed by atoms with Gasteiger partial charge in [0.2, 0.25) is 0 Å². The van der Waals surface area contributed by atoms with Crippen molar-refractivity contribution in [3.05, 3.63) is 76.6 Å². The number of pyridine rings is 1. The zero-order valence-corrected chi connectivity index (χ0v) is 24.3. The third-order valence-electron chi connectivity index (χ3n) is 5.75. The Balaban J connectivity index is 1.82. The van der Waals surface area contributed by atoms with Gasteiger partial charge in [0.25, 0.3) is 5.91 Å². The molecular formula is C30H35N5O8. The smallest absolute Gasteiger partial charge is 0.412 e. The molecule has 0 fully saturated rings. The summed E-state index contributed by atoms with van der Waals surface area (Å²) >= 11 is 0. The van der Waals surface area contributed by atoms with Crippen molar-refractivity contribution in [1.29, 1.82) is 5.41 Å². The fraction of sp³-hybridized carbons (Fsp3) is 0.300. The maximum Gasteiger partial charge on any atom is 0.412 e. The molecule has 0 aliphatic rings. The molecule has 0 bridgehead atoms. The van der Waals surface area contributed by atoms with Crippen LogP contribution in [0.2, 0.25) is 0 Å². The number of nitrogens with one attached hydrogen (secondary N) is 4. The number of amidine groups is 1. The summed E-state index contributed by atoms with van der Waals surface area (Å²) in [6, 6.07) is 11.6. The van der Waals surface area contributed by atoms with Crippen molar-refractivity contribution in [3.8, 4) is 11.5 Å². The zero-order chi connectivity index (χ0) is 31.5. The van der Waals surface area contributed by atoms with Crippen molar-refractivity contribution in [2.75, 3.05) is 23.8 Å². The average Bonchev–Trinajstić information content (AvgIpc) is 2.95. The standard InChI is InChI=1S/C30H35N5O8/c1-5-41-30(40)35-28(31)24-9-7-21(14-33-24)34-29(39)22-10-18(4)6-8-23(22)32-13-20-11-19(15-36)12-25(43-17(2)3)27(20)42-16-26(37)38/h6-12,14,17,32,36H,5,13,15-16H2,1-4H3,(H,34,39)(H,37,38)(H2,31,35,40). The molecule has 13 nitrogen and oxygen atoms in total. The predicted molar refractivity (Wildman–Crippen MR) is 159 cm³/mol. The number of benzene rings is 2. The first-order valence-corrected chi connectivity index (χ1v) is 13.4. The molecule has 0 saturated heterocycles. The van der Waals surface area contributed by atoms with Gasteiger partial charge in [0, 0.05) is 17.8 Å². The number of aromatic nitrogens is 1. The first-order chi connectivity index (χ1) is 20.5. The second-order valence-electron chi connectivity index (χ2n) is 9.60. The molecule has 43 heavy (non-hydrogen) atoms. The van der Waals surface area contributed by atoms with Crippen LogP contribution in [-0.2, 0) is 22.7 Å². The molecule has 2 amide bonds. The number of nitrogens with zero attached hydrogens (tertiary/aromatic N) is 1. The number of ether oxygens (including phenoxy) is 3. The number of carboxylic acids is 1. The summed E-state index contributed by atoms with van der Waals surface area (Å²) in [4.78, 5) is 40.2. The van der Waals surface area contributed by atoms with Crippen molar-refractivity contribution in [2.45, 2.75) is 47.0 Å². The molecule has 3 aromatic rings. The van der Waals surface area contributed by atoms with Crippen LogP contribution in [0.1, 0.15) is 53.5 Å². The lowest BCUT2D eigenvalue weighted by Crippen LogP contribution is -2.31. The Hall–Kier alpha value is -5.17. The van der Waals surface area contributed by atoms with Crippen LogP contribution >= 0.6 is 0 Å². The van der Waals surface area contributed by atoms with Gasteiger partial charge in [0.1, 0.15) is 5.69 Å². The lowest BCUT2D eigenvalue weighted by molar-refractivity contribution is -0.139. The molecule has 6 N–H and O–H groups in total. The first kappa shape index (κ1) is 32.3. The van der Waals surface area contributed by atoms with E-state index in [4.69, 9.17) is 19.6 Å². The van der Waals surface area contributed by atoms with Gasteiger partial charge in [-0.3, -0.25) is 20.5 Å². The van der Waals surface area contributed by atoms with Gasteiger partial charge in [-0.2, -0.15) is 0 Å². The third-order valence-corrected chi connectivity index (χ3v) is 5.75. The Morgan fingerprint density at radius 1 is 1.09 bits per heavy atom. The minimum absolute atomic E-state index is 0.117. The molecule has 1 aromatic heterocycles. The molecule has 1 heterocycles. The van der Waals surface area contributed by atoms with Gasteiger partial charge in [-0.25, -0.2) is 9.59 Å². The molecule has 0 atom stereocenters. The van der Waals surface area contributed by atoms with E-state index in [9.17, 15) is 24.6 Å². The topological polar surface area (TPSA) is 192 Å². The molecule has 2 aromatic carbocycles. The van der Waals surface area contributed by atoms with Gasteiger partial charge in [0.05, 0.1) is 36.8 Å². The summed E-state index contributed by atoms with van der Waals surface area (Å²) in [6.45, 7) is 6.53. The molecule has 0 radical (unpaired) electrons. The molecule has 0 saturated carbocycles. The van der Waals surface area contributed by atoms with Crippen molar-refractivity contribution < 1.29 is 38.8 Å². The largest absolute Gasteiger partial charge is 0.487 e. The minimum atomic E-state index is -1.16. The van der Waals surface area contributed by atoms with Crippen LogP contribution in [0, 0.1) is 12.3 Å². The van der Waals surface area contributed by atoms with E-state index >= 15 is 0 Å². The minimum Gasteiger partial charge on any atom is -0.487 e. The highest BCUT2D eigenvalue weighted by molar-refractivity contribution is 6.08. The molecular weight excluding hydrogens is 558 g/mol. The summed E-state index contributed by atoms with van der Waals surface area (Å²) < 4.78 is 16.2. The van der Waals surface area contributed by atoms with Crippen molar-refractivity contribution >= 4 is 35.2 Å². The average molecular weight is 594 g/mol. The molecule has 3 rings (SSSR count). The second kappa shape index (κ2) is 15.2. The van der Waals surface area contributed by atoms with E-state index in [-0.39, 0.29) is 43.1 Å². The van der Waals surface area contributed by atoms with Gasteiger partial charge in [-0.1, -0.05) is 11.6 Å². The number of carbonyl (C=O) groups is 3. The van der Waals surface area contributed by atoms with Gasteiger partial charge in [0.15, 0.2) is 23.9 Å². The van der Waals surface area contributed by atoms with Crippen molar-refractivity contribution in [2.24, 2.45) is 0 Å².